The summed E-state index contributed by atoms with van der Waals surface area (Å²) in [6.07, 6.45) is 0. The van der Waals surface area contributed by atoms with E-state index in [1.807, 2.05) is 0 Å². The van der Waals surface area contributed by atoms with E-state index < -0.39 is 10.0 Å². The molecule has 0 aromatic heterocycles. The van der Waals surface area contributed by atoms with Crippen molar-refractivity contribution in [1.29, 1.82) is 0 Å². The van der Waals surface area contributed by atoms with E-state index >= 15 is 0 Å². The smallest absolute Gasteiger partial charge is 0.238 e. The number of nitrogens with two attached hydrogens (primary N) is 1. The molecule has 0 bridgehead atoms. The molecule has 0 fully saturated rings. The maximum atomic E-state index is 11.5. The topological polar surface area (TPSA) is 151 Å². The van der Waals surface area contributed by atoms with Crippen LogP contribution < -0.4 is 10.5 Å². The third kappa shape index (κ3) is 4.42. The molecule has 0 aliphatic heterocycles. The standard InChI is InChI=1S/C16H14N2O7S2/c17-27(22,23)12-3-4-15(19)14(8-12)18-10-2-1-9-5-11(26-25-24-21)7-16(20)13(9)6-10/h1-8,18-21H,(H2,17,22,23). The molecular formula is C16H14N2O7S2. The Morgan fingerprint density at radius 1 is 1.00 bits per heavy atom. The van der Waals surface area contributed by atoms with Crippen LogP contribution in [-0.2, 0) is 19.4 Å². The van der Waals surface area contributed by atoms with Gasteiger partial charge >= 0.3 is 0 Å². The first kappa shape index (κ1) is 19.2. The molecule has 0 heterocycles. The highest BCUT2D eigenvalue weighted by atomic mass is 32.2. The fraction of sp³-hybridized carbons (Fsp3) is 0. The Bertz CT molecular complexity index is 1100. The largest absolute Gasteiger partial charge is 0.507 e. The van der Waals surface area contributed by atoms with Gasteiger partial charge in [0.1, 0.15) is 11.5 Å². The van der Waals surface area contributed by atoms with Gasteiger partial charge < -0.3 is 15.5 Å². The molecule has 0 amide bonds. The quantitative estimate of drug-likeness (QED) is 0.179. The van der Waals surface area contributed by atoms with Gasteiger partial charge in [-0.3, -0.25) is 0 Å². The second-order valence-electron chi connectivity index (χ2n) is 5.45. The van der Waals surface area contributed by atoms with Crippen molar-refractivity contribution in [2.75, 3.05) is 5.32 Å². The van der Waals surface area contributed by atoms with Crippen molar-refractivity contribution in [3.63, 3.8) is 0 Å². The van der Waals surface area contributed by atoms with Crippen molar-refractivity contribution in [3.8, 4) is 11.5 Å². The maximum Gasteiger partial charge on any atom is 0.238 e. The first-order chi connectivity index (χ1) is 12.8. The molecule has 0 radical (unpaired) electrons. The Balaban J connectivity index is 1.96. The van der Waals surface area contributed by atoms with Crippen molar-refractivity contribution in [1.82, 2.24) is 0 Å². The average molecular weight is 410 g/mol. The van der Waals surface area contributed by atoms with Crippen LogP contribution >= 0.6 is 12.0 Å². The molecule has 6 N–H and O–H groups in total. The van der Waals surface area contributed by atoms with Crippen LogP contribution in [0.5, 0.6) is 11.5 Å². The molecule has 0 saturated heterocycles. The molecule has 0 aliphatic rings. The fourth-order valence-corrected chi connectivity index (χ4v) is 3.42. The molecule has 3 aromatic rings. The van der Waals surface area contributed by atoms with Gasteiger partial charge in [0.25, 0.3) is 0 Å². The number of sulfonamides is 1. The summed E-state index contributed by atoms with van der Waals surface area (Å²) in [5.41, 5.74) is 0.635. The van der Waals surface area contributed by atoms with Crippen LogP contribution in [0.1, 0.15) is 0 Å². The fourth-order valence-electron chi connectivity index (χ4n) is 2.44. The summed E-state index contributed by atoms with van der Waals surface area (Å²) in [6, 6.07) is 11.7. The lowest BCUT2D eigenvalue weighted by Crippen LogP contribution is -2.12. The van der Waals surface area contributed by atoms with E-state index in [-0.39, 0.29) is 22.1 Å². The van der Waals surface area contributed by atoms with E-state index in [1.165, 1.54) is 24.3 Å². The van der Waals surface area contributed by atoms with E-state index in [9.17, 15) is 18.6 Å². The highest BCUT2D eigenvalue weighted by molar-refractivity contribution is 7.94. The first-order valence-corrected chi connectivity index (χ1v) is 9.61. The zero-order valence-corrected chi connectivity index (χ0v) is 15.1. The van der Waals surface area contributed by atoms with Crippen molar-refractivity contribution in [2.24, 2.45) is 5.14 Å². The molecule has 0 aliphatic carbocycles. The zero-order chi connectivity index (χ0) is 19.6. The third-order valence-corrected chi connectivity index (χ3v) is 5.11. The number of fused-ring (bicyclic) bond motifs is 1. The summed E-state index contributed by atoms with van der Waals surface area (Å²) in [6.45, 7) is 0. The highest BCUT2D eigenvalue weighted by Gasteiger charge is 2.12. The monoisotopic (exact) mass is 410 g/mol. The molecule has 142 valence electrons. The Hall–Kier alpha value is -2.54. The van der Waals surface area contributed by atoms with Gasteiger partial charge in [-0.2, -0.15) is 0 Å². The van der Waals surface area contributed by atoms with Crippen LogP contribution in [0.3, 0.4) is 0 Å². The number of rotatable bonds is 6. The van der Waals surface area contributed by atoms with Crippen molar-refractivity contribution < 1.29 is 33.3 Å². The minimum Gasteiger partial charge on any atom is -0.507 e. The summed E-state index contributed by atoms with van der Waals surface area (Å²) in [5, 5.41) is 41.0. The molecule has 11 heteroatoms. The Kier molecular flexibility index (Phi) is 5.41. The number of anilines is 2. The second kappa shape index (κ2) is 7.60. The minimum absolute atomic E-state index is 0.0531. The van der Waals surface area contributed by atoms with Gasteiger partial charge in [0.15, 0.2) is 0 Å². The summed E-state index contributed by atoms with van der Waals surface area (Å²) in [7, 11) is -3.92. The number of nitrogens with one attached hydrogen (secondary N) is 1. The van der Waals surface area contributed by atoms with E-state index in [4.69, 9.17) is 10.4 Å². The summed E-state index contributed by atoms with van der Waals surface area (Å²) in [4.78, 5) is 0.340. The SMILES string of the molecule is NS(=O)(=O)c1ccc(O)c(Nc2ccc3cc(SOOO)cc(O)c3c2)c1. The number of aromatic hydroxyl groups is 2. The van der Waals surface area contributed by atoms with Crippen LogP contribution in [0.4, 0.5) is 11.4 Å². The van der Waals surface area contributed by atoms with Gasteiger partial charge in [-0.15, -0.1) is 4.33 Å². The van der Waals surface area contributed by atoms with Gasteiger partial charge in [-0.1, -0.05) is 11.1 Å². The predicted molar refractivity (Wildman–Crippen MR) is 99.0 cm³/mol. The Morgan fingerprint density at radius 3 is 2.48 bits per heavy atom. The van der Waals surface area contributed by atoms with Crippen LogP contribution in [0.2, 0.25) is 0 Å². The van der Waals surface area contributed by atoms with Gasteiger partial charge in [0.2, 0.25) is 10.0 Å². The summed E-state index contributed by atoms with van der Waals surface area (Å²) >= 11 is 0.712. The molecule has 3 rings (SSSR count). The Labute approximate surface area is 158 Å². The van der Waals surface area contributed by atoms with Crippen molar-refractivity contribution in [2.45, 2.75) is 9.79 Å². The van der Waals surface area contributed by atoms with Gasteiger partial charge in [0.05, 0.1) is 22.6 Å². The molecule has 9 nitrogen and oxygen atoms in total. The number of hydrogen-bond donors (Lipinski definition) is 5. The minimum atomic E-state index is -3.92. The van der Waals surface area contributed by atoms with Gasteiger partial charge in [-0.25, -0.2) is 18.8 Å². The molecule has 27 heavy (non-hydrogen) atoms. The lowest BCUT2D eigenvalue weighted by molar-refractivity contribution is -0.432. The van der Waals surface area contributed by atoms with Crippen LogP contribution in [0, 0.1) is 0 Å². The predicted octanol–water partition coefficient (Wildman–Crippen LogP) is 3.07. The molecule has 0 atom stereocenters. The Morgan fingerprint density at radius 2 is 1.78 bits per heavy atom. The number of benzene rings is 3. The number of phenols is 2. The second-order valence-corrected chi connectivity index (χ2v) is 7.79. The van der Waals surface area contributed by atoms with Crippen LogP contribution in [-0.4, -0.2) is 23.9 Å². The van der Waals surface area contributed by atoms with Gasteiger partial charge in [-0.05, 0) is 47.9 Å². The summed E-state index contributed by atoms with van der Waals surface area (Å²) in [5.74, 6) is -0.220. The number of phenolic OH excluding ortho intramolecular Hbond substituents is 2. The third-order valence-electron chi connectivity index (χ3n) is 3.64. The lowest BCUT2D eigenvalue weighted by atomic mass is 10.1. The van der Waals surface area contributed by atoms with Crippen LogP contribution in [0.15, 0.2) is 58.3 Å². The van der Waals surface area contributed by atoms with Gasteiger partial charge in [0, 0.05) is 16.0 Å². The zero-order valence-electron chi connectivity index (χ0n) is 13.5. The summed E-state index contributed by atoms with van der Waals surface area (Å²) < 4.78 is 27.3. The normalized spacial score (nSPS) is 11.6. The first-order valence-electron chi connectivity index (χ1n) is 7.32. The van der Waals surface area contributed by atoms with Crippen LogP contribution in [0.25, 0.3) is 10.8 Å². The number of hydrogen-bond acceptors (Lipinski definition) is 9. The van der Waals surface area contributed by atoms with E-state index in [0.29, 0.717) is 33.4 Å². The van der Waals surface area contributed by atoms with E-state index in [0.717, 1.165) is 0 Å². The maximum absolute atomic E-state index is 11.5. The molecule has 0 unspecified atom stereocenters. The highest BCUT2D eigenvalue weighted by Crippen LogP contribution is 2.35. The van der Waals surface area contributed by atoms with E-state index in [2.05, 4.69) is 14.7 Å². The molecule has 0 saturated carbocycles. The molecular weight excluding hydrogens is 396 g/mol. The lowest BCUT2D eigenvalue weighted by Gasteiger charge is -2.12. The molecule has 0 spiro atoms. The van der Waals surface area contributed by atoms with E-state index in [1.54, 1.807) is 24.3 Å². The van der Waals surface area contributed by atoms with Crippen molar-refractivity contribution in [3.05, 3.63) is 48.5 Å². The molecule has 3 aromatic carbocycles. The van der Waals surface area contributed by atoms with Crippen molar-refractivity contribution >= 4 is 44.2 Å². The number of primary sulfonamides is 1. The average Bonchev–Trinajstić information content (AvgIpc) is 2.61.